The molecule has 1 N–H and O–H groups in total. The Hall–Kier alpha value is -1.57. The molecule has 0 bridgehead atoms. The van der Waals surface area contributed by atoms with Crippen molar-refractivity contribution in [3.63, 3.8) is 0 Å². The molecule has 0 radical (unpaired) electrons. The second-order valence-corrected chi connectivity index (χ2v) is 3.27. The molecule has 0 saturated carbocycles. The monoisotopic (exact) mass is 188 g/mol. The standard InChI is InChI=1S/C12H16N2/c1-11(13)14(2)10-6-9-12-7-4-3-5-8-12/h3-8,10,13H,9H2,1-2H3/b10-6-,13-11?. The Balaban J connectivity index is 2.45. The van der Waals surface area contributed by atoms with E-state index >= 15 is 0 Å². The molecule has 0 aromatic heterocycles. The van der Waals surface area contributed by atoms with Crippen molar-refractivity contribution in [3.8, 4) is 0 Å². The molecule has 1 rings (SSSR count). The highest BCUT2D eigenvalue weighted by atomic mass is 15.1. The van der Waals surface area contributed by atoms with Gasteiger partial charge in [-0.25, -0.2) is 0 Å². The third kappa shape index (κ3) is 3.44. The minimum absolute atomic E-state index is 0.550. The molecule has 0 aliphatic carbocycles. The SMILES string of the molecule is CC(=N)N(C)/C=C\Cc1ccccc1. The van der Waals surface area contributed by atoms with Gasteiger partial charge in [0.2, 0.25) is 0 Å². The van der Waals surface area contributed by atoms with Crippen molar-refractivity contribution in [3.05, 3.63) is 48.2 Å². The number of benzene rings is 1. The van der Waals surface area contributed by atoms with E-state index in [0.29, 0.717) is 5.84 Å². The second kappa shape index (κ2) is 5.22. The first-order valence-corrected chi connectivity index (χ1v) is 4.68. The van der Waals surface area contributed by atoms with E-state index in [9.17, 15) is 0 Å². The van der Waals surface area contributed by atoms with Crippen molar-refractivity contribution in [1.82, 2.24) is 4.90 Å². The molecule has 2 nitrogen and oxygen atoms in total. The molecule has 1 aromatic carbocycles. The van der Waals surface area contributed by atoms with Crippen molar-refractivity contribution < 1.29 is 0 Å². The van der Waals surface area contributed by atoms with Crippen LogP contribution in [0.3, 0.4) is 0 Å². The average molecular weight is 188 g/mol. The number of hydrogen-bond donors (Lipinski definition) is 1. The summed E-state index contributed by atoms with van der Waals surface area (Å²) in [5.74, 6) is 0.550. The highest BCUT2D eigenvalue weighted by molar-refractivity contribution is 5.76. The van der Waals surface area contributed by atoms with Crippen molar-refractivity contribution in [1.29, 1.82) is 5.41 Å². The van der Waals surface area contributed by atoms with Crippen molar-refractivity contribution in [2.24, 2.45) is 0 Å². The Morgan fingerprint density at radius 3 is 2.57 bits per heavy atom. The molecule has 14 heavy (non-hydrogen) atoms. The fourth-order valence-electron chi connectivity index (χ4n) is 1.07. The first-order valence-electron chi connectivity index (χ1n) is 4.68. The molecular formula is C12H16N2. The zero-order valence-electron chi connectivity index (χ0n) is 8.70. The van der Waals surface area contributed by atoms with Crippen molar-refractivity contribution in [2.75, 3.05) is 7.05 Å². The van der Waals surface area contributed by atoms with E-state index in [4.69, 9.17) is 5.41 Å². The van der Waals surface area contributed by atoms with E-state index in [-0.39, 0.29) is 0 Å². The van der Waals surface area contributed by atoms with Crippen LogP contribution in [0.25, 0.3) is 0 Å². The summed E-state index contributed by atoms with van der Waals surface area (Å²) >= 11 is 0. The van der Waals surface area contributed by atoms with Crippen LogP contribution in [-0.2, 0) is 6.42 Å². The Labute approximate surface area is 85.4 Å². The lowest BCUT2D eigenvalue weighted by atomic mass is 10.1. The van der Waals surface area contributed by atoms with Gasteiger partial charge in [-0.3, -0.25) is 5.41 Å². The summed E-state index contributed by atoms with van der Waals surface area (Å²) in [5, 5.41) is 7.36. The van der Waals surface area contributed by atoms with E-state index < -0.39 is 0 Å². The Bertz CT molecular complexity index is 314. The van der Waals surface area contributed by atoms with E-state index in [1.54, 1.807) is 11.8 Å². The van der Waals surface area contributed by atoms with Crippen LogP contribution in [0.15, 0.2) is 42.6 Å². The third-order valence-electron chi connectivity index (χ3n) is 2.05. The molecule has 0 aliphatic rings. The van der Waals surface area contributed by atoms with Crippen LogP contribution in [0.5, 0.6) is 0 Å². The highest BCUT2D eigenvalue weighted by Gasteiger charge is 1.91. The van der Waals surface area contributed by atoms with Gasteiger partial charge in [0.15, 0.2) is 0 Å². The summed E-state index contributed by atoms with van der Waals surface area (Å²) in [6.07, 6.45) is 4.90. The normalized spacial score (nSPS) is 10.4. The zero-order chi connectivity index (χ0) is 10.4. The van der Waals surface area contributed by atoms with Gasteiger partial charge in [-0.2, -0.15) is 0 Å². The third-order valence-corrected chi connectivity index (χ3v) is 2.05. The number of rotatable bonds is 3. The van der Waals surface area contributed by atoms with Gasteiger partial charge in [-0.05, 0) is 18.9 Å². The molecule has 0 aliphatic heterocycles. The summed E-state index contributed by atoms with van der Waals surface area (Å²) in [6, 6.07) is 10.3. The zero-order valence-corrected chi connectivity index (χ0v) is 8.70. The first kappa shape index (κ1) is 10.5. The molecule has 1 aromatic rings. The van der Waals surface area contributed by atoms with Crippen LogP contribution in [0.1, 0.15) is 12.5 Å². The van der Waals surface area contributed by atoms with Crippen molar-refractivity contribution in [2.45, 2.75) is 13.3 Å². The van der Waals surface area contributed by atoms with E-state index in [0.717, 1.165) is 6.42 Å². The summed E-state index contributed by atoms with van der Waals surface area (Å²) in [4.78, 5) is 1.79. The minimum atomic E-state index is 0.550. The molecule has 0 heterocycles. The minimum Gasteiger partial charge on any atom is -0.341 e. The van der Waals surface area contributed by atoms with Crippen LogP contribution in [0.4, 0.5) is 0 Å². The number of amidine groups is 1. The predicted molar refractivity (Wildman–Crippen MR) is 60.4 cm³/mol. The number of nitrogens with zero attached hydrogens (tertiary/aromatic N) is 1. The second-order valence-electron chi connectivity index (χ2n) is 3.27. The van der Waals surface area contributed by atoms with Gasteiger partial charge < -0.3 is 4.90 Å². The van der Waals surface area contributed by atoms with Gasteiger partial charge in [-0.1, -0.05) is 36.4 Å². The fourth-order valence-corrected chi connectivity index (χ4v) is 1.07. The largest absolute Gasteiger partial charge is 0.341 e. The van der Waals surface area contributed by atoms with Gasteiger partial charge in [-0.15, -0.1) is 0 Å². The topological polar surface area (TPSA) is 27.1 Å². The predicted octanol–water partition coefficient (Wildman–Crippen LogP) is 2.67. The summed E-state index contributed by atoms with van der Waals surface area (Å²) in [6.45, 7) is 1.77. The summed E-state index contributed by atoms with van der Waals surface area (Å²) in [5.41, 5.74) is 1.29. The Morgan fingerprint density at radius 2 is 2.00 bits per heavy atom. The van der Waals surface area contributed by atoms with Crippen LogP contribution in [0, 0.1) is 5.41 Å². The molecule has 74 valence electrons. The van der Waals surface area contributed by atoms with Crippen LogP contribution in [-0.4, -0.2) is 17.8 Å². The lowest BCUT2D eigenvalue weighted by Gasteiger charge is -2.10. The lowest BCUT2D eigenvalue weighted by molar-refractivity contribution is 0.674. The molecule has 0 amide bonds. The lowest BCUT2D eigenvalue weighted by Crippen LogP contribution is -2.15. The summed E-state index contributed by atoms with van der Waals surface area (Å²) < 4.78 is 0. The highest BCUT2D eigenvalue weighted by Crippen LogP contribution is 2.00. The van der Waals surface area contributed by atoms with E-state index in [1.807, 2.05) is 31.4 Å². The van der Waals surface area contributed by atoms with E-state index in [1.165, 1.54) is 5.56 Å². The number of allylic oxidation sites excluding steroid dienone is 1. The Kier molecular flexibility index (Phi) is 3.92. The number of nitrogens with one attached hydrogen (secondary N) is 1. The fraction of sp³-hybridized carbons (Fsp3) is 0.250. The quantitative estimate of drug-likeness (QED) is 0.573. The maximum absolute atomic E-state index is 7.36. The van der Waals surface area contributed by atoms with Gasteiger partial charge >= 0.3 is 0 Å². The Morgan fingerprint density at radius 1 is 1.36 bits per heavy atom. The smallest absolute Gasteiger partial charge is 0.0963 e. The maximum atomic E-state index is 7.36. The van der Waals surface area contributed by atoms with Crippen LogP contribution in [0.2, 0.25) is 0 Å². The van der Waals surface area contributed by atoms with Gasteiger partial charge in [0.05, 0.1) is 5.84 Å². The van der Waals surface area contributed by atoms with Gasteiger partial charge in [0, 0.05) is 13.2 Å². The van der Waals surface area contributed by atoms with Gasteiger partial charge in [0.25, 0.3) is 0 Å². The van der Waals surface area contributed by atoms with Crippen LogP contribution < -0.4 is 0 Å². The number of hydrogen-bond acceptors (Lipinski definition) is 1. The van der Waals surface area contributed by atoms with Gasteiger partial charge in [0.1, 0.15) is 0 Å². The molecule has 2 heteroatoms. The van der Waals surface area contributed by atoms with Crippen LogP contribution >= 0.6 is 0 Å². The summed E-state index contributed by atoms with van der Waals surface area (Å²) in [7, 11) is 1.88. The first-order chi connectivity index (χ1) is 6.70. The molecule has 0 atom stereocenters. The molecule has 0 spiro atoms. The maximum Gasteiger partial charge on any atom is 0.0963 e. The molecule has 0 unspecified atom stereocenters. The molecule has 0 fully saturated rings. The average Bonchev–Trinajstić information content (AvgIpc) is 2.19. The van der Waals surface area contributed by atoms with Crippen molar-refractivity contribution >= 4 is 5.84 Å². The molecular weight excluding hydrogens is 172 g/mol. The van der Waals surface area contributed by atoms with E-state index in [2.05, 4.69) is 18.2 Å². The molecule has 0 saturated heterocycles.